The Kier molecular flexibility index (Phi) is 8.94. The van der Waals surface area contributed by atoms with Gasteiger partial charge in [-0.05, 0) is 62.6 Å². The summed E-state index contributed by atoms with van der Waals surface area (Å²) in [5.74, 6) is 0.587. The summed E-state index contributed by atoms with van der Waals surface area (Å²) in [5, 5.41) is 0.769. The highest BCUT2D eigenvalue weighted by molar-refractivity contribution is 5.87. The highest BCUT2D eigenvalue weighted by atomic mass is 19.4. The van der Waals surface area contributed by atoms with Crippen molar-refractivity contribution in [3.8, 4) is 22.8 Å². The van der Waals surface area contributed by atoms with Crippen LogP contribution in [-0.2, 0) is 16.0 Å². The molecular weight excluding hydrogens is 485 g/mol. The van der Waals surface area contributed by atoms with Crippen LogP contribution < -0.4 is 9.47 Å². The number of halogens is 3. The van der Waals surface area contributed by atoms with Crippen molar-refractivity contribution in [3.63, 3.8) is 0 Å². The molecule has 0 amide bonds. The second-order valence-electron chi connectivity index (χ2n) is 9.51. The lowest BCUT2D eigenvalue weighted by Crippen LogP contribution is -2.44. The fraction of sp³-hybridized carbons (Fsp3) is 0.414. The topological polar surface area (TPSA) is 57.9 Å². The van der Waals surface area contributed by atoms with E-state index in [2.05, 4.69) is 13.5 Å². The van der Waals surface area contributed by atoms with E-state index in [-0.39, 0.29) is 11.3 Å². The second kappa shape index (κ2) is 11.8. The molecule has 0 spiro atoms. The number of esters is 1. The van der Waals surface area contributed by atoms with Crippen LogP contribution in [0.1, 0.15) is 45.6 Å². The zero-order valence-electron chi connectivity index (χ0n) is 21.7. The molecule has 1 aromatic heterocycles. The van der Waals surface area contributed by atoms with Crippen molar-refractivity contribution in [1.82, 2.24) is 0 Å². The Hall–Kier alpha value is -3.42. The molecule has 1 heterocycles. The zero-order chi connectivity index (χ0) is 27.2. The Morgan fingerprint density at radius 3 is 2.46 bits per heavy atom. The van der Waals surface area contributed by atoms with E-state index in [0.717, 1.165) is 37.1 Å². The Bertz CT molecular complexity index is 1240. The van der Waals surface area contributed by atoms with Crippen LogP contribution in [0.25, 0.3) is 22.3 Å². The van der Waals surface area contributed by atoms with Gasteiger partial charge in [0.05, 0.1) is 12.7 Å². The first-order valence-corrected chi connectivity index (χ1v) is 12.2. The fourth-order valence-corrected chi connectivity index (χ4v) is 3.70. The van der Waals surface area contributed by atoms with Crippen LogP contribution in [0.3, 0.4) is 0 Å². The number of unbranched alkanes of at least 4 members (excludes halogenated alkanes) is 2. The Balaban J connectivity index is 1.78. The Labute approximate surface area is 215 Å². The highest BCUT2D eigenvalue weighted by Crippen LogP contribution is 2.40. The van der Waals surface area contributed by atoms with E-state index in [1.165, 1.54) is 18.9 Å². The van der Waals surface area contributed by atoms with Crippen LogP contribution in [0.15, 0.2) is 59.0 Å². The average Bonchev–Trinajstić information content (AvgIpc) is 3.28. The van der Waals surface area contributed by atoms with Crippen LogP contribution in [-0.4, -0.2) is 32.5 Å². The smallest absolute Gasteiger partial charge is 0.400 e. The summed E-state index contributed by atoms with van der Waals surface area (Å²) in [6.07, 6.45) is -0.272. The van der Waals surface area contributed by atoms with E-state index in [9.17, 15) is 18.0 Å². The summed E-state index contributed by atoms with van der Waals surface area (Å²) < 4.78 is 63.2. The van der Waals surface area contributed by atoms with Crippen molar-refractivity contribution in [2.45, 2.75) is 52.6 Å². The number of hydrogen-bond acceptors (Lipinski definition) is 5. The monoisotopic (exact) mass is 518 g/mol. The lowest BCUT2D eigenvalue weighted by molar-refractivity contribution is -0.240. The SMILES string of the molecule is C=C(C)C(=O)OCC(C)(COc1ccc2cc(-c3ccc(CCCCC)cc3OC)oc2c1)C(F)(F)F. The third-order valence-corrected chi connectivity index (χ3v) is 6.20. The van der Waals surface area contributed by atoms with Gasteiger partial charge in [-0.25, -0.2) is 4.79 Å². The average molecular weight is 519 g/mol. The van der Waals surface area contributed by atoms with E-state index in [4.69, 9.17) is 18.6 Å². The summed E-state index contributed by atoms with van der Waals surface area (Å²) in [5.41, 5.74) is 0.0383. The number of carbonyl (C=O) groups excluding carboxylic acids is 1. The molecule has 0 fully saturated rings. The molecule has 0 aliphatic heterocycles. The van der Waals surface area contributed by atoms with Gasteiger partial charge in [0.15, 0.2) is 0 Å². The first-order valence-electron chi connectivity index (χ1n) is 12.2. The lowest BCUT2D eigenvalue weighted by atomic mass is 9.92. The first kappa shape index (κ1) is 28.2. The molecule has 0 aliphatic carbocycles. The molecule has 0 saturated carbocycles. The van der Waals surface area contributed by atoms with Gasteiger partial charge in [-0.1, -0.05) is 32.4 Å². The number of aryl methyl sites for hydroxylation is 1. The summed E-state index contributed by atoms with van der Waals surface area (Å²) in [6, 6.07) is 12.7. The number of alkyl halides is 3. The van der Waals surface area contributed by atoms with Crippen LogP contribution in [0.4, 0.5) is 13.2 Å². The first-order chi connectivity index (χ1) is 17.5. The number of rotatable bonds is 12. The molecule has 0 radical (unpaired) electrons. The minimum absolute atomic E-state index is 0.0206. The van der Waals surface area contributed by atoms with Crippen molar-refractivity contribution in [2.24, 2.45) is 5.41 Å². The van der Waals surface area contributed by atoms with E-state index >= 15 is 0 Å². The maximum atomic E-state index is 13.8. The van der Waals surface area contributed by atoms with Crippen LogP contribution in [0, 0.1) is 5.41 Å². The molecule has 2 aromatic carbocycles. The summed E-state index contributed by atoms with van der Waals surface area (Å²) in [4.78, 5) is 11.6. The molecule has 5 nitrogen and oxygen atoms in total. The van der Waals surface area contributed by atoms with Crippen molar-refractivity contribution < 1.29 is 36.6 Å². The summed E-state index contributed by atoms with van der Waals surface area (Å²) in [7, 11) is 1.61. The maximum Gasteiger partial charge on any atom is 0.400 e. The molecule has 3 rings (SSSR count). The predicted molar refractivity (Wildman–Crippen MR) is 137 cm³/mol. The van der Waals surface area contributed by atoms with Gasteiger partial charge in [-0.2, -0.15) is 13.2 Å². The minimum Gasteiger partial charge on any atom is -0.496 e. The van der Waals surface area contributed by atoms with Gasteiger partial charge in [0.2, 0.25) is 0 Å². The molecule has 0 saturated heterocycles. The minimum atomic E-state index is -4.66. The predicted octanol–water partition coefficient (Wildman–Crippen LogP) is 7.91. The molecule has 8 heteroatoms. The van der Waals surface area contributed by atoms with Gasteiger partial charge in [0.1, 0.15) is 41.5 Å². The number of benzene rings is 2. The normalized spacial score (nSPS) is 13.3. The van der Waals surface area contributed by atoms with E-state index in [1.807, 2.05) is 24.3 Å². The molecule has 0 N–H and O–H groups in total. The van der Waals surface area contributed by atoms with E-state index in [0.29, 0.717) is 17.1 Å². The van der Waals surface area contributed by atoms with Gasteiger partial charge >= 0.3 is 12.1 Å². The lowest BCUT2D eigenvalue weighted by Gasteiger charge is -2.31. The van der Waals surface area contributed by atoms with Gasteiger partial charge in [-0.15, -0.1) is 0 Å². The van der Waals surface area contributed by atoms with Crippen LogP contribution in [0.2, 0.25) is 0 Å². The van der Waals surface area contributed by atoms with Gasteiger partial charge in [0, 0.05) is 17.0 Å². The number of methoxy groups -OCH3 is 1. The van der Waals surface area contributed by atoms with E-state index in [1.54, 1.807) is 25.3 Å². The van der Waals surface area contributed by atoms with Crippen molar-refractivity contribution in [3.05, 3.63) is 60.2 Å². The number of ether oxygens (including phenoxy) is 3. The van der Waals surface area contributed by atoms with Crippen molar-refractivity contribution in [1.29, 1.82) is 0 Å². The molecule has 1 unspecified atom stereocenters. The van der Waals surface area contributed by atoms with Crippen LogP contribution in [0.5, 0.6) is 11.5 Å². The molecule has 200 valence electrons. The quantitative estimate of drug-likeness (QED) is 0.139. The number of hydrogen-bond donors (Lipinski definition) is 0. The standard InChI is InChI=1S/C29H33F3O5/c1-6-7-8-9-20-10-13-23(25(14-20)34-5)26-15-21-11-12-22(16-24(21)37-26)35-17-28(4,29(30,31)32)18-36-27(33)19(2)3/h10-16H,2,6-9,17-18H2,1,3-5H3. The van der Waals surface area contributed by atoms with E-state index < -0.39 is 30.8 Å². The summed E-state index contributed by atoms with van der Waals surface area (Å²) >= 11 is 0. The number of fused-ring (bicyclic) bond motifs is 1. The zero-order valence-corrected chi connectivity index (χ0v) is 21.7. The van der Waals surface area contributed by atoms with Crippen LogP contribution >= 0.6 is 0 Å². The third kappa shape index (κ3) is 6.87. The van der Waals surface area contributed by atoms with Crippen molar-refractivity contribution >= 4 is 16.9 Å². The Morgan fingerprint density at radius 2 is 1.81 bits per heavy atom. The van der Waals surface area contributed by atoms with Gasteiger partial charge < -0.3 is 18.6 Å². The molecule has 3 aromatic rings. The van der Waals surface area contributed by atoms with Gasteiger partial charge in [0.25, 0.3) is 0 Å². The fourth-order valence-electron chi connectivity index (χ4n) is 3.70. The number of carbonyl (C=O) groups is 1. The molecule has 1 atom stereocenters. The highest BCUT2D eigenvalue weighted by Gasteiger charge is 2.53. The number of furan rings is 1. The molecular formula is C29H33F3O5. The molecule has 0 aliphatic rings. The van der Waals surface area contributed by atoms with Crippen molar-refractivity contribution in [2.75, 3.05) is 20.3 Å². The summed E-state index contributed by atoms with van der Waals surface area (Å²) in [6.45, 7) is 6.24. The van der Waals surface area contributed by atoms with Gasteiger partial charge in [-0.3, -0.25) is 0 Å². The third-order valence-electron chi connectivity index (χ3n) is 6.20. The Morgan fingerprint density at radius 1 is 1.05 bits per heavy atom. The largest absolute Gasteiger partial charge is 0.496 e. The second-order valence-corrected chi connectivity index (χ2v) is 9.51. The molecule has 0 bridgehead atoms. The molecule has 37 heavy (non-hydrogen) atoms. The maximum absolute atomic E-state index is 13.8.